The third-order valence-electron chi connectivity index (χ3n) is 3.83. The topological polar surface area (TPSA) is 83.5 Å². The van der Waals surface area contributed by atoms with Gasteiger partial charge in [0.2, 0.25) is 5.95 Å². The van der Waals surface area contributed by atoms with Crippen LogP contribution in [0.3, 0.4) is 0 Å². The van der Waals surface area contributed by atoms with Gasteiger partial charge in [0, 0.05) is 31.2 Å². The number of aromatic nitrogens is 3. The molecule has 0 aliphatic carbocycles. The maximum absolute atomic E-state index is 11.8. The number of rotatable bonds is 4. The van der Waals surface area contributed by atoms with Crippen LogP contribution >= 0.6 is 23.2 Å². The minimum Gasteiger partial charge on any atom is -0.450 e. The fraction of sp³-hybridized carbons (Fsp3) is 0.375. The van der Waals surface area contributed by atoms with Gasteiger partial charge in [-0.1, -0.05) is 23.2 Å². The first-order chi connectivity index (χ1) is 12.6. The van der Waals surface area contributed by atoms with Crippen molar-refractivity contribution in [2.45, 2.75) is 6.92 Å². The molecule has 1 aromatic heterocycles. The molecule has 3 rings (SSSR count). The van der Waals surface area contributed by atoms with E-state index in [9.17, 15) is 4.79 Å². The molecule has 0 radical (unpaired) electrons. The molecule has 0 atom stereocenters. The SMILES string of the molecule is CCOC(=O)N1CCN(c2nncc(Nc3cc(Cl)ccc3Cl)n2)CC1. The van der Waals surface area contributed by atoms with Crippen LogP contribution in [0.25, 0.3) is 0 Å². The zero-order chi connectivity index (χ0) is 18.5. The number of piperazine rings is 1. The Labute approximate surface area is 161 Å². The van der Waals surface area contributed by atoms with Crippen LogP contribution in [0.2, 0.25) is 10.0 Å². The number of ether oxygens (including phenoxy) is 1. The van der Waals surface area contributed by atoms with Crippen LogP contribution in [-0.4, -0.2) is 59.0 Å². The second-order valence-electron chi connectivity index (χ2n) is 5.56. The molecule has 10 heteroatoms. The summed E-state index contributed by atoms with van der Waals surface area (Å²) in [5.74, 6) is 0.989. The molecule has 1 N–H and O–H groups in total. The van der Waals surface area contributed by atoms with E-state index < -0.39 is 0 Å². The molecule has 2 aromatic rings. The molecular formula is C16H18Cl2N6O2. The number of anilines is 3. The van der Waals surface area contributed by atoms with E-state index in [0.29, 0.717) is 60.3 Å². The number of hydrogen-bond donors (Lipinski definition) is 1. The van der Waals surface area contributed by atoms with Crippen molar-refractivity contribution in [2.75, 3.05) is 43.0 Å². The molecule has 0 spiro atoms. The van der Waals surface area contributed by atoms with Gasteiger partial charge in [-0.15, -0.1) is 5.10 Å². The maximum atomic E-state index is 11.8. The van der Waals surface area contributed by atoms with Gasteiger partial charge >= 0.3 is 6.09 Å². The second kappa shape index (κ2) is 8.37. The van der Waals surface area contributed by atoms with Crippen LogP contribution in [0.15, 0.2) is 24.4 Å². The van der Waals surface area contributed by atoms with E-state index in [1.807, 2.05) is 4.90 Å². The monoisotopic (exact) mass is 396 g/mol. The van der Waals surface area contributed by atoms with E-state index in [4.69, 9.17) is 27.9 Å². The van der Waals surface area contributed by atoms with Crippen molar-refractivity contribution in [1.29, 1.82) is 0 Å². The second-order valence-corrected chi connectivity index (χ2v) is 6.41. The highest BCUT2D eigenvalue weighted by Gasteiger charge is 2.23. The van der Waals surface area contributed by atoms with E-state index in [2.05, 4.69) is 20.5 Å². The first-order valence-electron chi connectivity index (χ1n) is 8.15. The lowest BCUT2D eigenvalue weighted by molar-refractivity contribution is 0.105. The van der Waals surface area contributed by atoms with Crippen molar-refractivity contribution < 1.29 is 9.53 Å². The van der Waals surface area contributed by atoms with Gasteiger partial charge in [0.15, 0.2) is 5.82 Å². The molecule has 1 aliphatic heterocycles. The summed E-state index contributed by atoms with van der Waals surface area (Å²) in [5.41, 5.74) is 0.637. The number of benzene rings is 1. The standard InChI is InChI=1S/C16H18Cl2N6O2/c1-2-26-16(25)24-7-5-23(6-8-24)15-21-14(10-19-22-15)20-13-9-11(17)3-4-12(13)18/h3-4,9-10H,2,5-8H2,1H3,(H,20,21,22). The van der Waals surface area contributed by atoms with E-state index in [1.54, 1.807) is 30.0 Å². The third kappa shape index (κ3) is 4.44. The summed E-state index contributed by atoms with van der Waals surface area (Å²) in [5, 5.41) is 12.3. The molecule has 0 bridgehead atoms. The predicted molar refractivity (Wildman–Crippen MR) is 100 cm³/mol. The van der Waals surface area contributed by atoms with E-state index in [0.717, 1.165) is 0 Å². The molecule has 1 amide bonds. The average molecular weight is 397 g/mol. The summed E-state index contributed by atoms with van der Waals surface area (Å²) in [4.78, 5) is 19.9. The zero-order valence-corrected chi connectivity index (χ0v) is 15.7. The first kappa shape index (κ1) is 18.5. The minimum atomic E-state index is -0.294. The van der Waals surface area contributed by atoms with Gasteiger partial charge in [-0.05, 0) is 25.1 Å². The van der Waals surface area contributed by atoms with Crippen molar-refractivity contribution in [3.63, 3.8) is 0 Å². The third-order valence-corrected chi connectivity index (χ3v) is 4.39. The predicted octanol–water partition coefficient (Wildman–Crippen LogP) is 3.20. The lowest BCUT2D eigenvalue weighted by Crippen LogP contribution is -2.49. The van der Waals surface area contributed by atoms with Gasteiger partial charge in [0.25, 0.3) is 0 Å². The Morgan fingerprint density at radius 3 is 2.77 bits per heavy atom. The molecule has 26 heavy (non-hydrogen) atoms. The van der Waals surface area contributed by atoms with Crippen molar-refractivity contribution in [3.05, 3.63) is 34.4 Å². The van der Waals surface area contributed by atoms with Crippen LogP contribution in [0.5, 0.6) is 0 Å². The first-order valence-corrected chi connectivity index (χ1v) is 8.91. The summed E-state index contributed by atoms with van der Waals surface area (Å²) >= 11 is 12.2. The number of nitrogens with one attached hydrogen (secondary N) is 1. The molecule has 1 fully saturated rings. The lowest BCUT2D eigenvalue weighted by atomic mass is 10.3. The van der Waals surface area contributed by atoms with Gasteiger partial charge in [-0.25, -0.2) is 4.79 Å². The Hall–Kier alpha value is -2.32. The molecular weight excluding hydrogens is 379 g/mol. The Balaban J connectivity index is 1.66. The van der Waals surface area contributed by atoms with Crippen LogP contribution in [0.1, 0.15) is 6.92 Å². The molecule has 0 saturated carbocycles. The van der Waals surface area contributed by atoms with Gasteiger partial charge in [0.1, 0.15) is 0 Å². The molecule has 1 aliphatic rings. The Bertz CT molecular complexity index is 783. The zero-order valence-electron chi connectivity index (χ0n) is 14.2. The highest BCUT2D eigenvalue weighted by atomic mass is 35.5. The van der Waals surface area contributed by atoms with Crippen LogP contribution in [0.4, 0.5) is 22.2 Å². The fourth-order valence-electron chi connectivity index (χ4n) is 2.52. The van der Waals surface area contributed by atoms with Gasteiger partial charge in [-0.3, -0.25) is 0 Å². The average Bonchev–Trinajstić information content (AvgIpc) is 2.65. The summed E-state index contributed by atoms with van der Waals surface area (Å²) < 4.78 is 5.02. The number of carbonyl (C=O) groups excluding carboxylic acids is 1. The largest absolute Gasteiger partial charge is 0.450 e. The van der Waals surface area contributed by atoms with Crippen molar-refractivity contribution in [1.82, 2.24) is 20.1 Å². The highest BCUT2D eigenvalue weighted by molar-refractivity contribution is 6.35. The van der Waals surface area contributed by atoms with Crippen molar-refractivity contribution >= 4 is 46.7 Å². The fourth-order valence-corrected chi connectivity index (χ4v) is 2.86. The maximum Gasteiger partial charge on any atom is 0.409 e. The number of hydrogen-bond acceptors (Lipinski definition) is 7. The molecule has 138 valence electrons. The Morgan fingerprint density at radius 1 is 1.27 bits per heavy atom. The molecule has 0 unspecified atom stereocenters. The normalized spacial score (nSPS) is 14.3. The summed E-state index contributed by atoms with van der Waals surface area (Å²) in [6.07, 6.45) is 1.22. The van der Waals surface area contributed by atoms with Crippen LogP contribution < -0.4 is 10.2 Å². The lowest BCUT2D eigenvalue weighted by Gasteiger charge is -2.33. The molecule has 2 heterocycles. The summed E-state index contributed by atoms with van der Waals surface area (Å²) in [7, 11) is 0. The number of carbonyl (C=O) groups is 1. The summed E-state index contributed by atoms with van der Waals surface area (Å²) in [6.45, 7) is 4.44. The molecule has 8 nitrogen and oxygen atoms in total. The minimum absolute atomic E-state index is 0.294. The van der Waals surface area contributed by atoms with E-state index >= 15 is 0 Å². The number of nitrogens with zero attached hydrogens (tertiary/aromatic N) is 5. The Kier molecular flexibility index (Phi) is 5.95. The van der Waals surface area contributed by atoms with Gasteiger partial charge in [-0.2, -0.15) is 10.1 Å². The van der Waals surface area contributed by atoms with E-state index in [-0.39, 0.29) is 6.09 Å². The van der Waals surface area contributed by atoms with Crippen molar-refractivity contribution in [2.24, 2.45) is 0 Å². The quantitative estimate of drug-likeness (QED) is 0.848. The number of halogens is 2. The molecule has 1 saturated heterocycles. The number of amides is 1. The van der Waals surface area contributed by atoms with Crippen LogP contribution in [-0.2, 0) is 4.74 Å². The van der Waals surface area contributed by atoms with E-state index in [1.165, 1.54) is 6.20 Å². The van der Waals surface area contributed by atoms with Gasteiger partial charge < -0.3 is 19.9 Å². The Morgan fingerprint density at radius 2 is 2.04 bits per heavy atom. The van der Waals surface area contributed by atoms with Crippen molar-refractivity contribution in [3.8, 4) is 0 Å². The van der Waals surface area contributed by atoms with Crippen LogP contribution in [0, 0.1) is 0 Å². The van der Waals surface area contributed by atoms with Gasteiger partial charge in [0.05, 0.1) is 23.5 Å². The molecule has 1 aromatic carbocycles. The smallest absolute Gasteiger partial charge is 0.409 e. The summed E-state index contributed by atoms with van der Waals surface area (Å²) in [6, 6.07) is 5.13. The highest BCUT2D eigenvalue weighted by Crippen LogP contribution is 2.28.